The highest BCUT2D eigenvalue weighted by Crippen LogP contribution is 2.04. The van der Waals surface area contributed by atoms with Gasteiger partial charge < -0.3 is 10.6 Å². The van der Waals surface area contributed by atoms with Gasteiger partial charge in [-0.25, -0.2) is 0 Å². The SMILES string of the molecule is CC(CN)C(=O)N(C)Cc1cccnc1. The summed E-state index contributed by atoms with van der Waals surface area (Å²) in [6.07, 6.45) is 3.48. The van der Waals surface area contributed by atoms with Gasteiger partial charge in [-0.2, -0.15) is 0 Å². The van der Waals surface area contributed by atoms with E-state index in [1.807, 2.05) is 19.1 Å². The van der Waals surface area contributed by atoms with E-state index in [1.54, 1.807) is 24.3 Å². The van der Waals surface area contributed by atoms with Crippen molar-refractivity contribution in [2.24, 2.45) is 11.7 Å². The predicted molar refractivity (Wildman–Crippen MR) is 58.9 cm³/mol. The molecule has 0 spiro atoms. The minimum atomic E-state index is -0.119. The first-order chi connectivity index (χ1) is 7.15. The van der Waals surface area contributed by atoms with Crippen molar-refractivity contribution in [3.63, 3.8) is 0 Å². The first-order valence-corrected chi connectivity index (χ1v) is 4.99. The van der Waals surface area contributed by atoms with Crippen LogP contribution in [0.5, 0.6) is 0 Å². The molecule has 0 saturated heterocycles. The Morgan fingerprint density at radius 2 is 2.40 bits per heavy atom. The molecular weight excluding hydrogens is 190 g/mol. The van der Waals surface area contributed by atoms with Crippen molar-refractivity contribution in [1.29, 1.82) is 0 Å². The number of amides is 1. The lowest BCUT2D eigenvalue weighted by molar-refractivity contribution is -0.133. The summed E-state index contributed by atoms with van der Waals surface area (Å²) in [6, 6.07) is 3.81. The van der Waals surface area contributed by atoms with Gasteiger partial charge in [-0.1, -0.05) is 13.0 Å². The minimum Gasteiger partial charge on any atom is -0.341 e. The number of carbonyl (C=O) groups excluding carboxylic acids is 1. The molecule has 0 aliphatic heterocycles. The van der Waals surface area contributed by atoms with E-state index in [0.29, 0.717) is 13.1 Å². The maximum Gasteiger partial charge on any atom is 0.226 e. The van der Waals surface area contributed by atoms with Gasteiger partial charge in [0.15, 0.2) is 0 Å². The molecule has 1 aromatic heterocycles. The molecule has 1 rings (SSSR count). The molecule has 1 heterocycles. The third-order valence-corrected chi connectivity index (χ3v) is 2.29. The van der Waals surface area contributed by atoms with E-state index in [1.165, 1.54) is 0 Å². The molecule has 0 radical (unpaired) electrons. The molecule has 0 saturated carbocycles. The Morgan fingerprint density at radius 3 is 2.93 bits per heavy atom. The van der Waals surface area contributed by atoms with E-state index in [0.717, 1.165) is 5.56 Å². The van der Waals surface area contributed by atoms with Crippen LogP contribution < -0.4 is 5.73 Å². The second kappa shape index (κ2) is 5.46. The zero-order valence-electron chi connectivity index (χ0n) is 9.18. The fraction of sp³-hybridized carbons (Fsp3) is 0.455. The first-order valence-electron chi connectivity index (χ1n) is 4.99. The molecule has 15 heavy (non-hydrogen) atoms. The van der Waals surface area contributed by atoms with Gasteiger partial charge in [0.05, 0.1) is 0 Å². The number of hydrogen-bond donors (Lipinski definition) is 1. The van der Waals surface area contributed by atoms with Crippen molar-refractivity contribution in [2.45, 2.75) is 13.5 Å². The van der Waals surface area contributed by atoms with Gasteiger partial charge in [0.1, 0.15) is 0 Å². The Hall–Kier alpha value is -1.42. The van der Waals surface area contributed by atoms with Crippen LogP contribution in [-0.4, -0.2) is 29.4 Å². The zero-order chi connectivity index (χ0) is 11.3. The number of rotatable bonds is 4. The molecule has 1 atom stereocenters. The highest BCUT2D eigenvalue weighted by atomic mass is 16.2. The summed E-state index contributed by atoms with van der Waals surface area (Å²) in [5.41, 5.74) is 6.47. The maximum absolute atomic E-state index is 11.7. The highest BCUT2D eigenvalue weighted by Gasteiger charge is 2.15. The molecule has 0 fully saturated rings. The molecule has 1 aromatic rings. The molecule has 1 amide bonds. The summed E-state index contributed by atoms with van der Waals surface area (Å²) in [4.78, 5) is 17.4. The maximum atomic E-state index is 11.7. The van der Waals surface area contributed by atoms with Crippen LogP contribution in [0.3, 0.4) is 0 Å². The lowest BCUT2D eigenvalue weighted by Gasteiger charge is -2.20. The molecular formula is C11H17N3O. The number of nitrogens with two attached hydrogens (primary N) is 1. The van der Waals surface area contributed by atoms with Crippen molar-refractivity contribution in [3.8, 4) is 0 Å². The highest BCUT2D eigenvalue weighted by molar-refractivity contribution is 5.78. The summed E-state index contributed by atoms with van der Waals surface area (Å²) in [5, 5.41) is 0. The Balaban J connectivity index is 2.56. The van der Waals surface area contributed by atoms with Crippen LogP contribution in [0.15, 0.2) is 24.5 Å². The molecule has 0 aliphatic carbocycles. The normalized spacial score (nSPS) is 12.2. The Morgan fingerprint density at radius 1 is 1.67 bits per heavy atom. The zero-order valence-corrected chi connectivity index (χ0v) is 9.18. The standard InChI is InChI=1S/C11H17N3O/c1-9(6-12)11(15)14(2)8-10-4-3-5-13-7-10/h3-5,7,9H,6,8,12H2,1-2H3. The van der Waals surface area contributed by atoms with Crippen LogP contribution >= 0.6 is 0 Å². The fourth-order valence-corrected chi connectivity index (χ4v) is 1.32. The van der Waals surface area contributed by atoms with E-state index < -0.39 is 0 Å². The van der Waals surface area contributed by atoms with Crippen molar-refractivity contribution >= 4 is 5.91 Å². The molecule has 1 unspecified atom stereocenters. The van der Waals surface area contributed by atoms with Crippen molar-refractivity contribution in [2.75, 3.05) is 13.6 Å². The van der Waals surface area contributed by atoms with Crippen LogP contribution in [0.4, 0.5) is 0 Å². The quantitative estimate of drug-likeness (QED) is 0.788. The Bertz CT molecular complexity index is 313. The van der Waals surface area contributed by atoms with Gasteiger partial charge in [0.2, 0.25) is 5.91 Å². The summed E-state index contributed by atoms with van der Waals surface area (Å²) in [6.45, 7) is 2.80. The van der Waals surface area contributed by atoms with Crippen LogP contribution in [-0.2, 0) is 11.3 Å². The van der Waals surface area contributed by atoms with E-state index in [9.17, 15) is 4.79 Å². The van der Waals surface area contributed by atoms with Crippen LogP contribution in [0.25, 0.3) is 0 Å². The van der Waals surface area contributed by atoms with Crippen LogP contribution in [0.1, 0.15) is 12.5 Å². The number of hydrogen-bond acceptors (Lipinski definition) is 3. The Kier molecular flexibility index (Phi) is 4.24. The number of pyridine rings is 1. The summed E-state index contributed by atoms with van der Waals surface area (Å²) >= 11 is 0. The van der Waals surface area contributed by atoms with Gasteiger partial charge in [-0.05, 0) is 11.6 Å². The monoisotopic (exact) mass is 207 g/mol. The average molecular weight is 207 g/mol. The fourth-order valence-electron chi connectivity index (χ4n) is 1.32. The summed E-state index contributed by atoms with van der Waals surface area (Å²) in [5.74, 6) is -0.0481. The van der Waals surface area contributed by atoms with Crippen molar-refractivity contribution in [3.05, 3.63) is 30.1 Å². The third-order valence-electron chi connectivity index (χ3n) is 2.29. The number of nitrogens with zero attached hydrogens (tertiary/aromatic N) is 2. The van der Waals surface area contributed by atoms with E-state index in [4.69, 9.17) is 5.73 Å². The van der Waals surface area contributed by atoms with E-state index in [-0.39, 0.29) is 11.8 Å². The molecule has 0 aliphatic rings. The van der Waals surface area contributed by atoms with Crippen molar-refractivity contribution < 1.29 is 4.79 Å². The molecule has 0 bridgehead atoms. The molecule has 82 valence electrons. The van der Waals surface area contributed by atoms with Gasteiger partial charge in [0.25, 0.3) is 0 Å². The first kappa shape index (κ1) is 11.7. The number of carbonyl (C=O) groups is 1. The van der Waals surface area contributed by atoms with E-state index >= 15 is 0 Å². The van der Waals surface area contributed by atoms with Crippen molar-refractivity contribution in [1.82, 2.24) is 9.88 Å². The second-order valence-electron chi connectivity index (χ2n) is 3.69. The third kappa shape index (κ3) is 3.32. The molecule has 0 aromatic carbocycles. The lowest BCUT2D eigenvalue weighted by Crippen LogP contribution is -2.34. The lowest BCUT2D eigenvalue weighted by atomic mass is 10.1. The topological polar surface area (TPSA) is 59.2 Å². The van der Waals surface area contributed by atoms with Crippen LogP contribution in [0, 0.1) is 5.92 Å². The second-order valence-corrected chi connectivity index (χ2v) is 3.69. The minimum absolute atomic E-state index is 0.0707. The van der Waals surface area contributed by atoms with Gasteiger partial charge in [-0.3, -0.25) is 9.78 Å². The Labute approximate surface area is 90.1 Å². The van der Waals surface area contributed by atoms with E-state index in [2.05, 4.69) is 4.98 Å². The summed E-state index contributed by atoms with van der Waals surface area (Å²) < 4.78 is 0. The van der Waals surface area contributed by atoms with Gasteiger partial charge in [0, 0.05) is 38.4 Å². The summed E-state index contributed by atoms with van der Waals surface area (Å²) in [7, 11) is 1.78. The van der Waals surface area contributed by atoms with Gasteiger partial charge in [-0.15, -0.1) is 0 Å². The molecule has 4 heteroatoms. The molecule has 2 N–H and O–H groups in total. The predicted octanol–water partition coefficient (Wildman–Crippen LogP) is 0.635. The largest absolute Gasteiger partial charge is 0.341 e. The molecule has 4 nitrogen and oxygen atoms in total. The number of aromatic nitrogens is 1. The average Bonchev–Trinajstić information content (AvgIpc) is 2.28. The smallest absolute Gasteiger partial charge is 0.226 e. The van der Waals surface area contributed by atoms with Crippen LogP contribution in [0.2, 0.25) is 0 Å². The van der Waals surface area contributed by atoms with Gasteiger partial charge >= 0.3 is 0 Å².